The second-order valence-electron chi connectivity index (χ2n) is 15.7. The number of carbonyl (C=O) groups is 2. The van der Waals surface area contributed by atoms with Crippen molar-refractivity contribution in [2.45, 2.75) is 37.4 Å². The number of ether oxygens (including phenoxy) is 2. The van der Waals surface area contributed by atoms with Crippen molar-refractivity contribution in [3.8, 4) is 22.3 Å². The third-order valence-corrected chi connectivity index (χ3v) is 14.0. The number of esters is 1. The van der Waals surface area contributed by atoms with Crippen LogP contribution in [0.25, 0.3) is 42.4 Å². The maximum atomic E-state index is 14.4. The van der Waals surface area contributed by atoms with Gasteiger partial charge in [-0.3, -0.25) is 4.79 Å². The predicted octanol–water partition coefficient (Wildman–Crippen LogP) is 13.2. The van der Waals surface area contributed by atoms with E-state index in [2.05, 4.69) is 5.32 Å². The second kappa shape index (κ2) is 17.6. The van der Waals surface area contributed by atoms with Crippen LogP contribution in [0.5, 0.6) is 0 Å². The summed E-state index contributed by atoms with van der Waals surface area (Å²) in [5, 5.41) is 15.9. The van der Waals surface area contributed by atoms with Gasteiger partial charge >= 0.3 is 18.3 Å². The number of hydrogen-bond donors (Lipinski definition) is 2. The Balaban J connectivity index is 1.16. The predicted molar refractivity (Wildman–Crippen MR) is 242 cm³/mol. The van der Waals surface area contributed by atoms with E-state index in [0.29, 0.717) is 49.7 Å². The zero-order valence-electron chi connectivity index (χ0n) is 34.9. The Morgan fingerprint density at radius 2 is 1.06 bits per heavy atom. The van der Waals surface area contributed by atoms with E-state index < -0.39 is 40.7 Å². The molecule has 0 aliphatic carbocycles. The number of rotatable bonds is 12. The number of methoxy groups -OCH3 is 1. The van der Waals surface area contributed by atoms with Crippen LogP contribution < -0.4 is 5.32 Å². The molecule has 0 saturated carbocycles. The van der Waals surface area contributed by atoms with Gasteiger partial charge in [-0.25, -0.2) is 4.79 Å². The van der Waals surface area contributed by atoms with Gasteiger partial charge in [0.15, 0.2) is 5.60 Å². The number of benzene rings is 6. The van der Waals surface area contributed by atoms with Crippen LogP contribution in [0, 0.1) is 0 Å². The SMILES string of the molecule is COCCNC(=O)c1cccc(-c2cccc3cc(C(C)(OC(=O)c4cccc(-c5cccc6cc(C(C)(O)c7cccc(C(F)(F)F)c7)sc56)c4)c4cccc(C(F)(F)F)c4)sc23)c1. The molecule has 0 bridgehead atoms. The number of fused-ring (bicyclic) bond motifs is 2. The number of aliphatic hydroxyl groups is 1. The van der Waals surface area contributed by atoms with E-state index in [1.807, 2.05) is 36.4 Å². The molecule has 14 heteroatoms. The molecule has 0 saturated heterocycles. The Hall–Kier alpha value is -6.32. The monoisotopic (exact) mass is 923 g/mol. The number of nitrogens with one attached hydrogen (secondary N) is 1. The summed E-state index contributed by atoms with van der Waals surface area (Å²) in [4.78, 5) is 28.2. The highest BCUT2D eigenvalue weighted by atomic mass is 32.1. The minimum atomic E-state index is -4.69. The summed E-state index contributed by atoms with van der Waals surface area (Å²) in [6.45, 7) is 3.67. The van der Waals surface area contributed by atoms with Gasteiger partial charge in [0.1, 0.15) is 5.60 Å². The van der Waals surface area contributed by atoms with Gasteiger partial charge in [0.25, 0.3) is 5.91 Å². The second-order valence-corrected chi connectivity index (χ2v) is 17.8. The lowest BCUT2D eigenvalue weighted by atomic mass is 9.91. The van der Waals surface area contributed by atoms with Crippen molar-refractivity contribution in [3.05, 3.63) is 189 Å². The van der Waals surface area contributed by atoms with Gasteiger partial charge in [-0.15, -0.1) is 22.7 Å². The molecule has 1 amide bonds. The zero-order chi connectivity index (χ0) is 46.3. The smallest absolute Gasteiger partial charge is 0.416 e. The van der Waals surface area contributed by atoms with Gasteiger partial charge in [-0.05, 0) is 113 Å². The summed E-state index contributed by atoms with van der Waals surface area (Å²) < 4.78 is 96.3. The van der Waals surface area contributed by atoms with Crippen molar-refractivity contribution in [1.82, 2.24) is 5.32 Å². The molecule has 2 heterocycles. The molecule has 2 atom stereocenters. The van der Waals surface area contributed by atoms with Crippen molar-refractivity contribution < 1.29 is 50.5 Å². The maximum absolute atomic E-state index is 14.4. The van der Waals surface area contributed by atoms with Crippen LogP contribution in [0.3, 0.4) is 0 Å². The number of halogens is 6. The molecule has 0 radical (unpaired) electrons. The highest BCUT2D eigenvalue weighted by Crippen LogP contribution is 2.46. The minimum Gasteiger partial charge on any atom is -0.445 e. The first-order chi connectivity index (χ1) is 30.9. The third-order valence-electron chi connectivity index (χ3n) is 11.3. The third kappa shape index (κ3) is 9.17. The summed E-state index contributed by atoms with van der Waals surface area (Å²) in [5.41, 5.74) is -1.90. The fraction of sp³-hybridized carbons (Fsp3) is 0.176. The van der Waals surface area contributed by atoms with Gasteiger partial charge in [-0.2, -0.15) is 26.3 Å². The van der Waals surface area contributed by atoms with E-state index in [1.54, 1.807) is 61.5 Å². The average molecular weight is 924 g/mol. The molecule has 8 rings (SSSR count). The quantitative estimate of drug-likeness (QED) is 0.0724. The van der Waals surface area contributed by atoms with Gasteiger partial charge < -0.3 is 19.9 Å². The summed E-state index contributed by atoms with van der Waals surface area (Å²) >= 11 is 2.46. The molecule has 0 aliphatic heterocycles. The van der Waals surface area contributed by atoms with E-state index in [4.69, 9.17) is 9.47 Å². The van der Waals surface area contributed by atoms with Crippen LogP contribution in [0.2, 0.25) is 0 Å². The van der Waals surface area contributed by atoms with E-state index in [-0.39, 0.29) is 22.6 Å². The normalized spacial score (nSPS) is 13.9. The van der Waals surface area contributed by atoms with E-state index in [9.17, 15) is 41.0 Å². The van der Waals surface area contributed by atoms with Gasteiger partial charge in [0.2, 0.25) is 0 Å². The van der Waals surface area contributed by atoms with Crippen LogP contribution in [0.1, 0.15) is 66.6 Å². The van der Waals surface area contributed by atoms with Gasteiger partial charge in [-0.1, -0.05) is 84.9 Å². The van der Waals surface area contributed by atoms with Crippen LogP contribution in [-0.4, -0.2) is 37.2 Å². The molecule has 0 aliphatic rings. The molecule has 2 N–H and O–H groups in total. The van der Waals surface area contributed by atoms with Crippen LogP contribution in [-0.2, 0) is 33.0 Å². The zero-order valence-corrected chi connectivity index (χ0v) is 36.6. The fourth-order valence-electron chi connectivity index (χ4n) is 7.69. The lowest BCUT2D eigenvalue weighted by Gasteiger charge is -2.30. The van der Waals surface area contributed by atoms with Crippen LogP contribution in [0.15, 0.2) is 146 Å². The first-order valence-electron chi connectivity index (χ1n) is 20.2. The highest BCUT2D eigenvalue weighted by molar-refractivity contribution is 7.20. The summed E-state index contributed by atoms with van der Waals surface area (Å²) in [7, 11) is 1.54. The average Bonchev–Trinajstić information content (AvgIpc) is 3.95. The first kappa shape index (κ1) is 45.3. The molecule has 0 fully saturated rings. The lowest BCUT2D eigenvalue weighted by molar-refractivity contribution is -0.138. The molecular formula is C51H39F6NO5S2. The fourth-order valence-corrected chi connectivity index (χ4v) is 10.3. The highest BCUT2D eigenvalue weighted by Gasteiger charge is 2.39. The van der Waals surface area contributed by atoms with E-state index in [0.717, 1.165) is 45.5 Å². The maximum Gasteiger partial charge on any atom is 0.416 e. The lowest BCUT2D eigenvalue weighted by Crippen LogP contribution is -2.30. The van der Waals surface area contributed by atoms with Crippen molar-refractivity contribution in [3.63, 3.8) is 0 Å². The van der Waals surface area contributed by atoms with Crippen molar-refractivity contribution in [2.75, 3.05) is 20.3 Å². The molecule has 0 spiro atoms. The molecular weight excluding hydrogens is 885 g/mol. The Morgan fingerprint density at radius 1 is 0.585 bits per heavy atom. The summed E-state index contributed by atoms with van der Waals surface area (Å²) in [5.74, 6) is -1.10. The van der Waals surface area contributed by atoms with Crippen molar-refractivity contribution in [2.24, 2.45) is 0 Å². The first-order valence-corrected chi connectivity index (χ1v) is 21.9. The van der Waals surface area contributed by atoms with Crippen molar-refractivity contribution in [1.29, 1.82) is 0 Å². The van der Waals surface area contributed by atoms with Gasteiger partial charge in [0, 0.05) is 39.1 Å². The Bertz CT molecular complexity index is 3080. The Labute approximate surface area is 377 Å². The Kier molecular flexibility index (Phi) is 12.2. The van der Waals surface area contributed by atoms with E-state index >= 15 is 0 Å². The molecule has 65 heavy (non-hydrogen) atoms. The van der Waals surface area contributed by atoms with E-state index in [1.165, 1.54) is 67.0 Å². The number of alkyl halides is 6. The topological polar surface area (TPSA) is 84.9 Å². The van der Waals surface area contributed by atoms with Gasteiger partial charge in [0.05, 0.1) is 28.2 Å². The Morgan fingerprint density at radius 3 is 1.65 bits per heavy atom. The molecule has 2 aromatic heterocycles. The molecule has 6 aromatic carbocycles. The van der Waals surface area contributed by atoms with Crippen LogP contribution >= 0.6 is 22.7 Å². The van der Waals surface area contributed by atoms with Crippen LogP contribution in [0.4, 0.5) is 26.3 Å². The number of thiophene rings is 2. The molecule has 2 unspecified atom stereocenters. The number of hydrogen-bond acceptors (Lipinski definition) is 7. The minimum absolute atomic E-state index is 0.0662. The molecule has 332 valence electrons. The molecule has 6 nitrogen and oxygen atoms in total. The summed E-state index contributed by atoms with van der Waals surface area (Å²) in [6, 6.07) is 37.4. The molecule has 8 aromatic rings. The van der Waals surface area contributed by atoms with Crippen molar-refractivity contribution >= 4 is 54.7 Å². The standard InChI is InChI=1S/C51H39F6NO5S2/c1-48(61,36-16-8-18-38(28-36)50(52,53)54)42-26-32-12-6-21-41(44(32)64-42)31-11-5-15-35(25-31)47(60)63-49(2,37-17-9-19-39(29-37)51(55,56)57)43-27-33-13-7-20-40(45(33)65-43)30-10-4-14-34(24-30)46(59)58-22-23-62-3/h4-21,24-29,61H,22-23H2,1-3H3,(H,58,59). The number of carbonyl (C=O) groups excluding carboxylic acids is 2. The largest absolute Gasteiger partial charge is 0.445 e. The number of amides is 1. The summed E-state index contributed by atoms with van der Waals surface area (Å²) in [6.07, 6.45) is -9.29.